The second-order valence-corrected chi connectivity index (χ2v) is 6.22. The Morgan fingerprint density at radius 2 is 1.94 bits per heavy atom. The van der Waals surface area contributed by atoms with E-state index in [1.165, 1.54) is 0 Å². The van der Waals surface area contributed by atoms with Crippen molar-refractivity contribution in [1.82, 2.24) is 4.72 Å². The summed E-state index contributed by atoms with van der Waals surface area (Å²) in [5, 5.41) is 0. The predicted molar refractivity (Wildman–Crippen MR) is 72.5 cm³/mol. The highest BCUT2D eigenvalue weighted by Crippen LogP contribution is 2.08. The maximum absolute atomic E-state index is 11.8. The van der Waals surface area contributed by atoms with Gasteiger partial charge in [0, 0.05) is 25.9 Å². The Morgan fingerprint density at radius 1 is 1.33 bits per heavy atom. The average Bonchev–Trinajstić information content (AvgIpc) is 2.30. The van der Waals surface area contributed by atoms with Crippen LogP contribution >= 0.6 is 0 Å². The first-order valence-electron chi connectivity index (χ1n) is 5.73. The van der Waals surface area contributed by atoms with E-state index in [0.717, 1.165) is 5.56 Å². The molecule has 1 aromatic carbocycles. The van der Waals surface area contributed by atoms with Gasteiger partial charge in [0.15, 0.2) is 0 Å². The van der Waals surface area contributed by atoms with Gasteiger partial charge in [-0.2, -0.15) is 0 Å². The van der Waals surface area contributed by atoms with E-state index in [1.807, 2.05) is 6.92 Å². The number of anilines is 1. The molecule has 0 saturated carbocycles. The highest BCUT2D eigenvalue weighted by molar-refractivity contribution is 7.88. The Labute approximate surface area is 108 Å². The molecule has 18 heavy (non-hydrogen) atoms. The van der Waals surface area contributed by atoms with Crippen molar-refractivity contribution in [2.45, 2.75) is 12.7 Å². The lowest BCUT2D eigenvalue weighted by Gasteiger charge is -2.12. The molecule has 5 nitrogen and oxygen atoms in total. The Morgan fingerprint density at radius 3 is 2.50 bits per heavy atom. The summed E-state index contributed by atoms with van der Waals surface area (Å²) in [6.07, 6.45) is 0. The summed E-state index contributed by atoms with van der Waals surface area (Å²) in [6.45, 7) is 2.84. The van der Waals surface area contributed by atoms with Gasteiger partial charge in [-0.15, -0.1) is 0 Å². The third kappa shape index (κ3) is 5.48. The fraction of sp³-hybridized carbons (Fsp3) is 0.500. The van der Waals surface area contributed by atoms with Gasteiger partial charge in [-0.3, -0.25) is 0 Å². The van der Waals surface area contributed by atoms with Gasteiger partial charge in [-0.25, -0.2) is 13.1 Å². The minimum Gasteiger partial charge on any atom is -0.399 e. The van der Waals surface area contributed by atoms with Gasteiger partial charge in [0.2, 0.25) is 10.0 Å². The van der Waals surface area contributed by atoms with Gasteiger partial charge in [-0.1, -0.05) is 19.1 Å². The van der Waals surface area contributed by atoms with Crippen LogP contribution in [0.25, 0.3) is 0 Å². The summed E-state index contributed by atoms with van der Waals surface area (Å²) >= 11 is 0. The van der Waals surface area contributed by atoms with Crippen LogP contribution in [0.1, 0.15) is 12.5 Å². The zero-order valence-corrected chi connectivity index (χ0v) is 11.5. The Kier molecular flexibility index (Phi) is 5.58. The van der Waals surface area contributed by atoms with Crippen molar-refractivity contribution in [3.8, 4) is 0 Å². The molecule has 0 aromatic heterocycles. The SMILES string of the molecule is COCC(C)CNS(=O)(=O)Cc1ccc(N)cc1. The van der Waals surface area contributed by atoms with Crippen LogP contribution < -0.4 is 10.5 Å². The fourth-order valence-electron chi connectivity index (χ4n) is 1.50. The van der Waals surface area contributed by atoms with E-state index in [2.05, 4.69) is 4.72 Å². The quantitative estimate of drug-likeness (QED) is 0.725. The van der Waals surface area contributed by atoms with Crippen molar-refractivity contribution < 1.29 is 13.2 Å². The number of ether oxygens (including phenoxy) is 1. The van der Waals surface area contributed by atoms with E-state index in [-0.39, 0.29) is 11.7 Å². The third-order valence-electron chi connectivity index (χ3n) is 2.44. The van der Waals surface area contributed by atoms with Crippen molar-refractivity contribution in [3.05, 3.63) is 29.8 Å². The standard InChI is InChI=1S/C12H20N2O3S/c1-10(8-17-2)7-14-18(15,16)9-11-3-5-12(13)6-4-11/h3-6,10,14H,7-9,13H2,1-2H3. The topological polar surface area (TPSA) is 81.4 Å². The molecule has 0 radical (unpaired) electrons. The molecule has 0 fully saturated rings. The number of benzene rings is 1. The Balaban J connectivity index is 2.52. The van der Waals surface area contributed by atoms with Gasteiger partial charge < -0.3 is 10.5 Å². The summed E-state index contributed by atoms with van der Waals surface area (Å²) in [6, 6.07) is 6.82. The van der Waals surface area contributed by atoms with E-state index >= 15 is 0 Å². The molecule has 1 unspecified atom stereocenters. The molecule has 0 aliphatic heterocycles. The number of nitrogens with two attached hydrogens (primary N) is 1. The molecule has 0 aliphatic rings. The Bertz CT molecular complexity index is 457. The first-order valence-corrected chi connectivity index (χ1v) is 7.39. The minimum atomic E-state index is -3.31. The van der Waals surface area contributed by atoms with Crippen LogP contribution in [0.3, 0.4) is 0 Å². The zero-order chi connectivity index (χ0) is 13.6. The molecule has 1 atom stereocenters. The lowest BCUT2D eigenvalue weighted by atomic mass is 10.2. The number of sulfonamides is 1. The monoisotopic (exact) mass is 272 g/mol. The molecule has 1 rings (SSSR count). The highest BCUT2D eigenvalue weighted by atomic mass is 32.2. The van der Waals surface area contributed by atoms with E-state index < -0.39 is 10.0 Å². The van der Waals surface area contributed by atoms with Crippen LogP contribution in [0.2, 0.25) is 0 Å². The van der Waals surface area contributed by atoms with Crippen LogP contribution in [-0.4, -0.2) is 28.7 Å². The first-order chi connectivity index (χ1) is 8.43. The van der Waals surface area contributed by atoms with Crippen LogP contribution in [0.4, 0.5) is 5.69 Å². The lowest BCUT2D eigenvalue weighted by Crippen LogP contribution is -2.30. The summed E-state index contributed by atoms with van der Waals surface area (Å²) < 4.78 is 31.1. The molecule has 3 N–H and O–H groups in total. The second-order valence-electron chi connectivity index (χ2n) is 4.41. The van der Waals surface area contributed by atoms with Gasteiger partial charge in [0.1, 0.15) is 0 Å². The normalized spacial score (nSPS) is 13.4. The number of hydrogen-bond acceptors (Lipinski definition) is 4. The molecule has 0 aliphatic carbocycles. The number of rotatable bonds is 7. The number of methoxy groups -OCH3 is 1. The van der Waals surface area contributed by atoms with E-state index in [1.54, 1.807) is 31.4 Å². The van der Waals surface area contributed by atoms with Gasteiger partial charge in [0.05, 0.1) is 5.75 Å². The molecular weight excluding hydrogens is 252 g/mol. The summed E-state index contributed by atoms with van der Waals surface area (Å²) in [4.78, 5) is 0. The molecule has 0 bridgehead atoms. The van der Waals surface area contributed by atoms with Gasteiger partial charge in [0.25, 0.3) is 0 Å². The molecule has 0 saturated heterocycles. The van der Waals surface area contributed by atoms with Crippen molar-refractivity contribution in [2.24, 2.45) is 5.92 Å². The minimum absolute atomic E-state index is 0.0347. The molecule has 0 heterocycles. The maximum Gasteiger partial charge on any atom is 0.215 e. The van der Waals surface area contributed by atoms with Crippen molar-refractivity contribution in [1.29, 1.82) is 0 Å². The summed E-state index contributed by atoms with van der Waals surface area (Å²) in [5.41, 5.74) is 6.88. The molecular formula is C12H20N2O3S. The number of nitrogens with one attached hydrogen (secondary N) is 1. The molecule has 6 heteroatoms. The first kappa shape index (κ1) is 14.9. The van der Waals surface area contributed by atoms with E-state index in [4.69, 9.17) is 10.5 Å². The van der Waals surface area contributed by atoms with Crippen LogP contribution in [0.5, 0.6) is 0 Å². The van der Waals surface area contributed by atoms with Crippen molar-refractivity contribution in [2.75, 3.05) is 26.0 Å². The van der Waals surface area contributed by atoms with E-state index in [9.17, 15) is 8.42 Å². The average molecular weight is 272 g/mol. The third-order valence-corrected chi connectivity index (χ3v) is 3.76. The van der Waals surface area contributed by atoms with Gasteiger partial charge >= 0.3 is 0 Å². The van der Waals surface area contributed by atoms with E-state index in [0.29, 0.717) is 18.8 Å². The molecule has 102 valence electrons. The molecule has 0 spiro atoms. The van der Waals surface area contributed by atoms with Crippen LogP contribution in [-0.2, 0) is 20.5 Å². The zero-order valence-electron chi connectivity index (χ0n) is 10.7. The fourth-order valence-corrected chi connectivity index (χ4v) is 2.77. The van der Waals surface area contributed by atoms with Crippen molar-refractivity contribution in [3.63, 3.8) is 0 Å². The lowest BCUT2D eigenvalue weighted by molar-refractivity contribution is 0.161. The highest BCUT2D eigenvalue weighted by Gasteiger charge is 2.12. The molecule has 1 aromatic rings. The van der Waals surface area contributed by atoms with Crippen LogP contribution in [0, 0.1) is 5.92 Å². The predicted octanol–water partition coefficient (Wildman–Crippen LogP) is 0.971. The summed E-state index contributed by atoms with van der Waals surface area (Å²) in [7, 11) is -1.71. The molecule has 0 amide bonds. The largest absolute Gasteiger partial charge is 0.399 e. The smallest absolute Gasteiger partial charge is 0.215 e. The Hall–Kier alpha value is -1.11. The maximum atomic E-state index is 11.8. The number of hydrogen-bond donors (Lipinski definition) is 2. The number of nitrogen functional groups attached to an aromatic ring is 1. The van der Waals surface area contributed by atoms with Crippen LogP contribution in [0.15, 0.2) is 24.3 Å². The second kappa shape index (κ2) is 6.72. The van der Waals surface area contributed by atoms with Crippen molar-refractivity contribution >= 4 is 15.7 Å². The summed E-state index contributed by atoms with van der Waals surface area (Å²) in [5.74, 6) is 0.115. The van der Waals surface area contributed by atoms with Gasteiger partial charge in [-0.05, 0) is 23.6 Å².